The number of hydrogen-bond donors (Lipinski definition) is 0. The van der Waals surface area contributed by atoms with Gasteiger partial charge in [-0.05, 0) is 43.0 Å². The van der Waals surface area contributed by atoms with Crippen LogP contribution >= 0.6 is 11.8 Å². The standard InChI is InChI=1S/C19H21NOS/c1-14-7-8-18(15(2)11-14)22-13-19(21)20-10-9-16-5-3-4-6-17(16)12-20/h3-8,11H,9-10,12-13H2,1-2H3. The van der Waals surface area contributed by atoms with Gasteiger partial charge < -0.3 is 4.90 Å². The Hall–Kier alpha value is -1.74. The van der Waals surface area contributed by atoms with E-state index in [1.807, 2.05) is 4.90 Å². The van der Waals surface area contributed by atoms with E-state index in [0.29, 0.717) is 5.75 Å². The maximum Gasteiger partial charge on any atom is 0.233 e. The van der Waals surface area contributed by atoms with E-state index in [9.17, 15) is 4.79 Å². The second-order valence-electron chi connectivity index (χ2n) is 5.89. The number of amides is 1. The van der Waals surface area contributed by atoms with E-state index in [4.69, 9.17) is 0 Å². The number of nitrogens with zero attached hydrogens (tertiary/aromatic N) is 1. The van der Waals surface area contributed by atoms with Crippen molar-refractivity contribution in [3.05, 3.63) is 64.7 Å². The molecule has 114 valence electrons. The van der Waals surface area contributed by atoms with E-state index in [0.717, 1.165) is 19.5 Å². The van der Waals surface area contributed by atoms with E-state index in [1.165, 1.54) is 27.1 Å². The topological polar surface area (TPSA) is 20.3 Å². The fourth-order valence-electron chi connectivity index (χ4n) is 2.90. The van der Waals surface area contributed by atoms with Gasteiger partial charge in [0.1, 0.15) is 0 Å². The van der Waals surface area contributed by atoms with E-state index >= 15 is 0 Å². The summed E-state index contributed by atoms with van der Waals surface area (Å²) >= 11 is 1.65. The van der Waals surface area contributed by atoms with Crippen molar-refractivity contribution in [2.75, 3.05) is 12.3 Å². The number of rotatable bonds is 3. The van der Waals surface area contributed by atoms with Gasteiger partial charge in [0, 0.05) is 18.0 Å². The van der Waals surface area contributed by atoms with Crippen molar-refractivity contribution in [3.63, 3.8) is 0 Å². The Bertz CT molecular complexity index is 696. The van der Waals surface area contributed by atoms with E-state index in [1.54, 1.807) is 11.8 Å². The van der Waals surface area contributed by atoms with Crippen LogP contribution < -0.4 is 0 Å². The highest BCUT2D eigenvalue weighted by Crippen LogP contribution is 2.25. The van der Waals surface area contributed by atoms with Crippen molar-refractivity contribution in [1.29, 1.82) is 0 Å². The molecule has 2 aromatic rings. The van der Waals surface area contributed by atoms with Crippen molar-refractivity contribution < 1.29 is 4.79 Å². The summed E-state index contributed by atoms with van der Waals surface area (Å²) in [4.78, 5) is 15.7. The minimum atomic E-state index is 0.236. The van der Waals surface area contributed by atoms with Crippen LogP contribution in [-0.4, -0.2) is 23.1 Å². The number of aryl methyl sites for hydroxylation is 2. The summed E-state index contributed by atoms with van der Waals surface area (Å²) in [5.74, 6) is 0.756. The van der Waals surface area contributed by atoms with Gasteiger partial charge in [0.25, 0.3) is 0 Å². The van der Waals surface area contributed by atoms with Crippen molar-refractivity contribution >= 4 is 17.7 Å². The fourth-order valence-corrected chi connectivity index (χ4v) is 3.81. The van der Waals surface area contributed by atoms with Crippen LogP contribution in [0.15, 0.2) is 47.4 Å². The third-order valence-electron chi connectivity index (χ3n) is 4.16. The molecule has 0 fully saturated rings. The Morgan fingerprint density at radius 2 is 1.91 bits per heavy atom. The molecule has 1 amide bonds. The number of fused-ring (bicyclic) bond motifs is 1. The van der Waals surface area contributed by atoms with Gasteiger partial charge in [-0.2, -0.15) is 0 Å². The highest BCUT2D eigenvalue weighted by Gasteiger charge is 2.20. The molecule has 22 heavy (non-hydrogen) atoms. The molecule has 0 aliphatic carbocycles. The highest BCUT2D eigenvalue weighted by molar-refractivity contribution is 8.00. The number of benzene rings is 2. The lowest BCUT2D eigenvalue weighted by molar-refractivity contribution is -0.129. The molecular weight excluding hydrogens is 290 g/mol. The van der Waals surface area contributed by atoms with Crippen molar-refractivity contribution in [3.8, 4) is 0 Å². The van der Waals surface area contributed by atoms with Crippen LogP contribution in [0.4, 0.5) is 0 Å². The molecule has 1 heterocycles. The largest absolute Gasteiger partial charge is 0.337 e. The van der Waals surface area contributed by atoms with Crippen molar-refractivity contribution in [1.82, 2.24) is 4.90 Å². The summed E-state index contributed by atoms with van der Waals surface area (Å²) < 4.78 is 0. The van der Waals surface area contributed by atoms with Crippen LogP contribution in [0.25, 0.3) is 0 Å². The normalized spacial score (nSPS) is 13.8. The Labute approximate surface area is 136 Å². The van der Waals surface area contributed by atoms with Crippen LogP contribution in [0.3, 0.4) is 0 Å². The second kappa shape index (κ2) is 6.57. The predicted molar refractivity (Wildman–Crippen MR) is 92.2 cm³/mol. The molecule has 2 nitrogen and oxygen atoms in total. The van der Waals surface area contributed by atoms with Crippen LogP contribution in [0, 0.1) is 13.8 Å². The molecule has 1 aliphatic heterocycles. The molecule has 0 bridgehead atoms. The number of carbonyl (C=O) groups is 1. The number of carbonyl (C=O) groups excluding carboxylic acids is 1. The van der Waals surface area contributed by atoms with Crippen LogP contribution in [0.2, 0.25) is 0 Å². The zero-order valence-electron chi connectivity index (χ0n) is 13.1. The number of hydrogen-bond acceptors (Lipinski definition) is 2. The molecule has 0 N–H and O–H groups in total. The summed E-state index contributed by atoms with van der Waals surface area (Å²) in [6.07, 6.45) is 0.968. The molecule has 0 saturated carbocycles. The van der Waals surface area contributed by atoms with Crippen molar-refractivity contribution in [2.24, 2.45) is 0 Å². The minimum Gasteiger partial charge on any atom is -0.337 e. The highest BCUT2D eigenvalue weighted by atomic mass is 32.2. The SMILES string of the molecule is Cc1ccc(SCC(=O)N2CCc3ccccc3C2)c(C)c1. The second-order valence-corrected chi connectivity index (χ2v) is 6.91. The van der Waals surface area contributed by atoms with E-state index in [2.05, 4.69) is 56.3 Å². The quantitative estimate of drug-likeness (QED) is 0.799. The molecule has 0 spiro atoms. The Kier molecular flexibility index (Phi) is 4.53. The molecule has 0 saturated heterocycles. The average molecular weight is 311 g/mol. The maximum atomic E-state index is 12.5. The third kappa shape index (κ3) is 3.36. The van der Waals surface area contributed by atoms with Crippen LogP contribution in [0.1, 0.15) is 22.3 Å². The summed E-state index contributed by atoms with van der Waals surface area (Å²) in [6.45, 7) is 5.79. The zero-order valence-corrected chi connectivity index (χ0v) is 14.0. The first-order chi connectivity index (χ1) is 10.6. The Morgan fingerprint density at radius 3 is 2.68 bits per heavy atom. The molecule has 0 unspecified atom stereocenters. The van der Waals surface area contributed by atoms with Crippen molar-refractivity contribution in [2.45, 2.75) is 31.7 Å². The van der Waals surface area contributed by atoms with Gasteiger partial charge in [-0.1, -0.05) is 42.0 Å². The van der Waals surface area contributed by atoms with E-state index in [-0.39, 0.29) is 5.91 Å². The monoisotopic (exact) mass is 311 g/mol. The van der Waals surface area contributed by atoms with Gasteiger partial charge in [0.05, 0.1) is 5.75 Å². The van der Waals surface area contributed by atoms with Gasteiger partial charge in [-0.3, -0.25) is 4.79 Å². The molecular formula is C19H21NOS. The molecule has 0 radical (unpaired) electrons. The summed E-state index contributed by atoms with van der Waals surface area (Å²) in [7, 11) is 0. The van der Waals surface area contributed by atoms with Gasteiger partial charge in [-0.15, -0.1) is 11.8 Å². The first kappa shape index (κ1) is 15.2. The fraction of sp³-hybridized carbons (Fsp3) is 0.316. The maximum absolute atomic E-state index is 12.5. The predicted octanol–water partition coefficient (Wildman–Crippen LogP) is 3.98. The van der Waals surface area contributed by atoms with Crippen LogP contribution in [0.5, 0.6) is 0 Å². The molecule has 3 heteroatoms. The lowest BCUT2D eigenvalue weighted by Gasteiger charge is -2.28. The van der Waals surface area contributed by atoms with Gasteiger partial charge in [0.15, 0.2) is 0 Å². The lowest BCUT2D eigenvalue weighted by Crippen LogP contribution is -2.37. The van der Waals surface area contributed by atoms with Gasteiger partial charge >= 0.3 is 0 Å². The molecule has 2 aromatic carbocycles. The Morgan fingerprint density at radius 1 is 1.14 bits per heavy atom. The smallest absolute Gasteiger partial charge is 0.233 e. The zero-order chi connectivity index (χ0) is 15.5. The first-order valence-corrected chi connectivity index (χ1v) is 8.66. The third-order valence-corrected chi connectivity index (χ3v) is 5.33. The van der Waals surface area contributed by atoms with E-state index < -0.39 is 0 Å². The number of thioether (sulfide) groups is 1. The summed E-state index contributed by atoms with van der Waals surface area (Å²) in [6, 6.07) is 14.8. The molecule has 0 aromatic heterocycles. The average Bonchev–Trinajstić information content (AvgIpc) is 2.53. The Balaban J connectivity index is 1.61. The summed E-state index contributed by atoms with van der Waals surface area (Å²) in [5.41, 5.74) is 5.19. The lowest BCUT2D eigenvalue weighted by atomic mass is 10.00. The van der Waals surface area contributed by atoms with Crippen LogP contribution in [-0.2, 0) is 17.8 Å². The molecule has 3 rings (SSSR count). The molecule has 1 aliphatic rings. The van der Waals surface area contributed by atoms with Gasteiger partial charge in [-0.25, -0.2) is 0 Å². The first-order valence-electron chi connectivity index (χ1n) is 7.68. The summed E-state index contributed by atoms with van der Waals surface area (Å²) in [5, 5.41) is 0. The minimum absolute atomic E-state index is 0.236. The van der Waals surface area contributed by atoms with Gasteiger partial charge in [0.2, 0.25) is 5.91 Å². The molecule has 0 atom stereocenters.